The summed E-state index contributed by atoms with van der Waals surface area (Å²) in [6, 6.07) is 7.31. The zero-order valence-corrected chi connectivity index (χ0v) is 12.5. The quantitative estimate of drug-likeness (QED) is 0.771. The first-order chi connectivity index (χ1) is 9.90. The van der Waals surface area contributed by atoms with Crippen molar-refractivity contribution in [2.75, 3.05) is 5.32 Å². The predicted molar refractivity (Wildman–Crippen MR) is 80.4 cm³/mol. The van der Waals surface area contributed by atoms with E-state index in [4.69, 9.17) is 5.11 Å². The number of hydrogen-bond acceptors (Lipinski definition) is 2. The van der Waals surface area contributed by atoms with Crippen molar-refractivity contribution in [2.24, 2.45) is 0 Å². The molecule has 0 unspecified atom stereocenters. The normalized spacial score (nSPS) is 10.2. The van der Waals surface area contributed by atoms with E-state index in [1.165, 1.54) is 12.1 Å². The van der Waals surface area contributed by atoms with Gasteiger partial charge in [-0.05, 0) is 52.9 Å². The number of carboxylic acid groups (broad SMARTS) is 1. The first-order valence-corrected chi connectivity index (χ1v) is 6.76. The van der Waals surface area contributed by atoms with E-state index in [-0.39, 0.29) is 11.3 Å². The molecule has 2 rings (SSSR count). The minimum Gasteiger partial charge on any atom is -0.478 e. The Balaban J connectivity index is 2.39. The first kappa shape index (κ1) is 15.4. The zero-order chi connectivity index (χ0) is 15.6. The second kappa shape index (κ2) is 6.17. The fourth-order valence-corrected chi connectivity index (χ4v) is 2.19. The van der Waals surface area contributed by atoms with Crippen LogP contribution >= 0.6 is 22.6 Å². The number of carbonyl (C=O) groups is 2. The lowest BCUT2D eigenvalue weighted by molar-refractivity contribution is 0.0698. The molecule has 0 heterocycles. The van der Waals surface area contributed by atoms with Crippen LogP contribution in [0.2, 0.25) is 0 Å². The van der Waals surface area contributed by atoms with Crippen LogP contribution in [0.4, 0.5) is 14.5 Å². The van der Waals surface area contributed by atoms with E-state index in [1.54, 1.807) is 6.07 Å². The summed E-state index contributed by atoms with van der Waals surface area (Å²) in [5.74, 6) is -4.34. The van der Waals surface area contributed by atoms with Crippen LogP contribution in [0.15, 0.2) is 36.4 Å². The summed E-state index contributed by atoms with van der Waals surface area (Å²) in [4.78, 5) is 23.1. The summed E-state index contributed by atoms with van der Waals surface area (Å²) in [6.07, 6.45) is 0. The molecule has 0 aromatic heterocycles. The molecule has 7 heteroatoms. The van der Waals surface area contributed by atoms with Crippen molar-refractivity contribution < 1.29 is 23.5 Å². The van der Waals surface area contributed by atoms with Gasteiger partial charge in [0.05, 0.1) is 11.3 Å². The number of rotatable bonds is 3. The van der Waals surface area contributed by atoms with E-state index in [2.05, 4.69) is 5.32 Å². The van der Waals surface area contributed by atoms with Crippen LogP contribution < -0.4 is 5.32 Å². The van der Waals surface area contributed by atoms with E-state index in [0.717, 1.165) is 18.2 Å². The van der Waals surface area contributed by atoms with Gasteiger partial charge in [-0.15, -0.1) is 0 Å². The van der Waals surface area contributed by atoms with Gasteiger partial charge in [0.25, 0.3) is 5.91 Å². The molecule has 0 radical (unpaired) electrons. The molecule has 4 nitrogen and oxygen atoms in total. The lowest BCUT2D eigenvalue weighted by atomic mass is 10.1. The number of hydrogen-bond donors (Lipinski definition) is 2. The predicted octanol–water partition coefficient (Wildman–Crippen LogP) is 3.52. The van der Waals surface area contributed by atoms with Crippen LogP contribution in [0.3, 0.4) is 0 Å². The minimum atomic E-state index is -1.25. The number of benzene rings is 2. The van der Waals surface area contributed by atoms with Gasteiger partial charge >= 0.3 is 5.97 Å². The van der Waals surface area contributed by atoms with Crippen LogP contribution in [0.5, 0.6) is 0 Å². The van der Waals surface area contributed by atoms with Gasteiger partial charge in [0.1, 0.15) is 17.2 Å². The molecule has 0 spiro atoms. The molecule has 21 heavy (non-hydrogen) atoms. The Morgan fingerprint density at radius 2 is 1.71 bits per heavy atom. The van der Waals surface area contributed by atoms with Gasteiger partial charge < -0.3 is 10.4 Å². The van der Waals surface area contributed by atoms with Crippen molar-refractivity contribution in [1.82, 2.24) is 0 Å². The Bertz CT molecular complexity index is 714. The summed E-state index contributed by atoms with van der Waals surface area (Å²) in [7, 11) is 0. The van der Waals surface area contributed by atoms with Crippen molar-refractivity contribution in [3.63, 3.8) is 0 Å². The highest BCUT2D eigenvalue weighted by Gasteiger charge is 2.19. The molecule has 2 N–H and O–H groups in total. The Labute approximate surface area is 131 Å². The Hall–Kier alpha value is -2.03. The molecule has 1 amide bonds. The molecule has 0 fully saturated rings. The van der Waals surface area contributed by atoms with Crippen LogP contribution in [0.25, 0.3) is 0 Å². The van der Waals surface area contributed by atoms with Crippen LogP contribution in [0, 0.1) is 15.2 Å². The van der Waals surface area contributed by atoms with Crippen LogP contribution in [-0.4, -0.2) is 17.0 Å². The second-order valence-corrected chi connectivity index (χ2v) is 5.29. The molecular weight excluding hydrogens is 395 g/mol. The number of amides is 1. The maximum Gasteiger partial charge on any atom is 0.337 e. The summed E-state index contributed by atoms with van der Waals surface area (Å²) in [5.41, 5.74) is -0.949. The SMILES string of the molecule is O=C(O)c1cc(I)ccc1NC(=O)c1c(F)cccc1F. The van der Waals surface area contributed by atoms with Crippen LogP contribution in [0.1, 0.15) is 20.7 Å². The Kier molecular flexibility index (Phi) is 4.51. The van der Waals surface area contributed by atoms with E-state index >= 15 is 0 Å². The van der Waals surface area contributed by atoms with Crippen molar-refractivity contribution in [3.05, 3.63) is 62.7 Å². The fraction of sp³-hybridized carbons (Fsp3) is 0. The number of halogens is 3. The van der Waals surface area contributed by atoms with E-state index in [0.29, 0.717) is 3.57 Å². The van der Waals surface area contributed by atoms with Crippen LogP contribution in [-0.2, 0) is 0 Å². The van der Waals surface area contributed by atoms with Crippen molar-refractivity contribution in [1.29, 1.82) is 0 Å². The van der Waals surface area contributed by atoms with Gasteiger partial charge in [0.15, 0.2) is 0 Å². The molecular formula is C14H8F2INO3. The molecule has 0 saturated heterocycles. The van der Waals surface area contributed by atoms with Crippen molar-refractivity contribution >= 4 is 40.2 Å². The molecule has 0 aliphatic rings. The van der Waals surface area contributed by atoms with Crippen molar-refractivity contribution in [2.45, 2.75) is 0 Å². The second-order valence-electron chi connectivity index (χ2n) is 4.05. The molecule has 2 aromatic rings. The van der Waals surface area contributed by atoms with Gasteiger partial charge in [-0.1, -0.05) is 6.07 Å². The Morgan fingerprint density at radius 3 is 2.29 bits per heavy atom. The molecule has 0 aliphatic heterocycles. The van der Waals surface area contributed by atoms with E-state index < -0.39 is 29.1 Å². The standard InChI is InChI=1S/C14H8F2INO3/c15-9-2-1-3-10(16)12(9)13(19)18-11-5-4-7(17)6-8(11)14(20)21/h1-6H,(H,18,19)(H,20,21). The smallest absolute Gasteiger partial charge is 0.337 e. The Morgan fingerprint density at radius 1 is 1.10 bits per heavy atom. The number of carboxylic acids is 1. The van der Waals surface area contributed by atoms with Gasteiger partial charge in [0.2, 0.25) is 0 Å². The highest BCUT2D eigenvalue weighted by Crippen LogP contribution is 2.21. The third-order valence-corrected chi connectivity index (χ3v) is 3.32. The summed E-state index contributed by atoms with van der Waals surface area (Å²) in [5, 5.41) is 11.3. The van der Waals surface area contributed by atoms with Gasteiger partial charge in [-0.2, -0.15) is 0 Å². The van der Waals surface area contributed by atoms with E-state index in [1.807, 2.05) is 22.6 Å². The third kappa shape index (κ3) is 3.35. The lowest BCUT2D eigenvalue weighted by Crippen LogP contribution is -2.18. The zero-order valence-electron chi connectivity index (χ0n) is 10.4. The summed E-state index contributed by atoms with van der Waals surface area (Å²) in [6.45, 7) is 0. The minimum absolute atomic E-state index is 0.0319. The number of aromatic carboxylic acids is 1. The first-order valence-electron chi connectivity index (χ1n) is 5.68. The molecule has 0 atom stereocenters. The third-order valence-electron chi connectivity index (χ3n) is 2.65. The van der Waals surface area contributed by atoms with Gasteiger partial charge in [-0.25, -0.2) is 13.6 Å². The summed E-state index contributed by atoms with van der Waals surface area (Å²) >= 11 is 1.92. The van der Waals surface area contributed by atoms with E-state index in [9.17, 15) is 18.4 Å². The number of nitrogens with one attached hydrogen (secondary N) is 1. The highest BCUT2D eigenvalue weighted by atomic mass is 127. The average molecular weight is 403 g/mol. The molecule has 108 valence electrons. The highest BCUT2D eigenvalue weighted by molar-refractivity contribution is 14.1. The lowest BCUT2D eigenvalue weighted by Gasteiger charge is -2.10. The van der Waals surface area contributed by atoms with Crippen molar-refractivity contribution in [3.8, 4) is 0 Å². The number of carbonyl (C=O) groups excluding carboxylic acids is 1. The maximum absolute atomic E-state index is 13.5. The maximum atomic E-state index is 13.5. The fourth-order valence-electron chi connectivity index (χ4n) is 1.70. The molecule has 0 saturated carbocycles. The topological polar surface area (TPSA) is 66.4 Å². The van der Waals surface area contributed by atoms with Gasteiger partial charge in [-0.3, -0.25) is 4.79 Å². The van der Waals surface area contributed by atoms with Gasteiger partial charge in [0, 0.05) is 3.57 Å². The molecule has 0 aliphatic carbocycles. The molecule has 2 aromatic carbocycles. The monoisotopic (exact) mass is 403 g/mol. The number of anilines is 1. The largest absolute Gasteiger partial charge is 0.478 e. The molecule has 0 bridgehead atoms. The summed E-state index contributed by atoms with van der Waals surface area (Å²) < 4.78 is 27.7. The average Bonchev–Trinajstić information content (AvgIpc) is 2.40.